The monoisotopic (exact) mass is 83.1 g/mol. The quantitative estimate of drug-likeness (QED) is 0.233. The maximum Gasteiger partial charge on any atom is 1.00 e. The molecular weight excluding hydrogens is 79.9 g/mol. The van der Waals surface area contributed by atoms with Crippen molar-refractivity contribution in [2.24, 2.45) is 0 Å². The Morgan fingerprint density at radius 2 is 2.00 bits per heavy atom. The van der Waals surface area contributed by atoms with Crippen LogP contribution >= 0.6 is 0 Å². The topological polar surface area (TPSA) is 46.8 Å². The molecule has 2 nitrogen and oxygen atoms in total. The van der Waals surface area contributed by atoms with Gasteiger partial charge >= 0.3 is 37.7 Å². The third-order valence-corrected chi connectivity index (χ3v) is 0.175. The van der Waals surface area contributed by atoms with Gasteiger partial charge in [0, 0.05) is 0 Å². The van der Waals surface area contributed by atoms with Gasteiger partial charge in [-0.2, -0.15) is 0 Å². The van der Waals surface area contributed by atoms with Crippen molar-refractivity contribution in [3.05, 3.63) is 6.42 Å². The molecule has 0 amide bonds. The number of hydrogen-bond donors (Lipinski definition) is 0. The van der Waals surface area contributed by atoms with Crippen molar-refractivity contribution >= 4 is 0 Å². The van der Waals surface area contributed by atoms with Crippen molar-refractivity contribution in [3.8, 4) is 6.07 Å². The molecule has 0 aliphatic carbocycles. The van der Waals surface area contributed by atoms with Gasteiger partial charge in [0.05, 0.1) is 0 Å². The zero-order valence-corrected chi connectivity index (χ0v) is 4.64. The van der Waals surface area contributed by atoms with Gasteiger partial charge in [0.25, 0.3) is 0 Å². The van der Waals surface area contributed by atoms with Gasteiger partial charge in [-0.05, 0) is 0 Å². The Balaban J connectivity index is -0.0000000800. The van der Waals surface area contributed by atoms with Crippen LogP contribution in [-0.4, -0.2) is 6.61 Å². The summed E-state index contributed by atoms with van der Waals surface area (Å²) in [6.45, 7) is -0.392. The van der Waals surface area contributed by atoms with Crippen LogP contribution in [0.25, 0.3) is 0 Å². The van der Waals surface area contributed by atoms with Gasteiger partial charge in [0.2, 0.25) is 0 Å². The van der Waals surface area contributed by atoms with E-state index in [-0.39, 0.29) is 37.7 Å². The number of rotatable bonds is 1. The van der Waals surface area contributed by atoms with E-state index in [4.69, 9.17) is 5.26 Å². The molecule has 0 heterocycles. The minimum Gasteiger partial charge on any atom is -0.876 e. The maximum atomic E-state index is 9.25. The molecule has 0 spiro atoms. The minimum atomic E-state index is -0.392. The van der Waals surface area contributed by atoms with Gasteiger partial charge in [-0.25, -0.2) is 5.26 Å². The number of nitriles is 1. The molecule has 0 aromatic rings. The molecule has 0 bridgehead atoms. The Morgan fingerprint density at radius 1 is 1.57 bits per heavy atom. The third-order valence-electron chi connectivity index (χ3n) is 0.175. The first-order valence-electron chi connectivity index (χ1n) is 1.21. The van der Waals surface area contributed by atoms with Crippen molar-refractivity contribution in [1.82, 2.24) is 0 Å². The van der Waals surface area contributed by atoms with Crippen molar-refractivity contribution in [2.75, 3.05) is 6.61 Å². The average Bonchev–Trinajstić information content (AvgIpc) is 1.41. The first-order chi connectivity index (χ1) is 2.41. The van der Waals surface area contributed by atoms with E-state index in [2.05, 4.69) is 0 Å². The Morgan fingerprint density at radius 3 is 2.00 bits per heavy atom. The van der Waals surface area contributed by atoms with Crippen LogP contribution in [0.1, 0.15) is 0 Å². The summed E-state index contributed by atoms with van der Waals surface area (Å²) < 4.78 is 0. The summed E-state index contributed by atoms with van der Waals surface area (Å²) in [6.07, 6.45) is 1.00. The fourth-order valence-electron chi connectivity index (χ4n) is 0.0373. The summed E-state index contributed by atoms with van der Waals surface area (Å²) in [7, 11) is 0. The molecule has 0 aromatic heterocycles. The van der Waals surface area contributed by atoms with Crippen LogP contribution < -0.4 is 42.8 Å². The van der Waals surface area contributed by atoms with E-state index < -0.39 is 6.61 Å². The van der Waals surface area contributed by atoms with E-state index >= 15 is 0 Å². The van der Waals surface area contributed by atoms with Crippen molar-refractivity contribution < 1.29 is 42.8 Å². The number of hydrogen-bond acceptors (Lipinski definition) is 2. The SMILES string of the molecule is N#C[CH-]C[O-].[Li+].[Li+]. The minimum absolute atomic E-state index is 0. The van der Waals surface area contributed by atoms with E-state index in [1.165, 1.54) is 0 Å². The zero-order valence-electron chi connectivity index (χ0n) is 4.64. The molecule has 7 heavy (non-hydrogen) atoms. The van der Waals surface area contributed by atoms with Crippen LogP contribution in [-0.2, 0) is 0 Å². The van der Waals surface area contributed by atoms with Crippen LogP contribution in [0.15, 0.2) is 0 Å². The van der Waals surface area contributed by atoms with Gasteiger partial charge in [-0.3, -0.25) is 6.61 Å². The average molecular weight is 82.9 g/mol. The molecular formula is C3H3Li2NO. The molecule has 0 rings (SSSR count). The third kappa shape index (κ3) is 21.0. The Bertz CT molecular complexity index is 51.4. The van der Waals surface area contributed by atoms with Gasteiger partial charge in [-0.1, -0.05) is 0 Å². The van der Waals surface area contributed by atoms with Crippen molar-refractivity contribution in [1.29, 1.82) is 5.26 Å². The summed E-state index contributed by atoms with van der Waals surface area (Å²) in [5, 5.41) is 16.8. The molecule has 0 N–H and O–H groups in total. The fourth-order valence-corrected chi connectivity index (χ4v) is 0.0373. The van der Waals surface area contributed by atoms with Crippen LogP contribution in [0.3, 0.4) is 0 Å². The predicted octanol–water partition coefficient (Wildman–Crippen LogP) is -6.92. The molecule has 0 atom stereocenters. The van der Waals surface area contributed by atoms with Gasteiger partial charge in [-0.15, -0.1) is 6.07 Å². The number of nitrogens with zero attached hydrogens (tertiary/aromatic N) is 1. The molecule has 0 fully saturated rings. The largest absolute Gasteiger partial charge is 1.00 e. The molecule has 0 aliphatic rings. The van der Waals surface area contributed by atoms with E-state index in [0.29, 0.717) is 0 Å². The Labute approximate surface area is 67.3 Å². The molecule has 0 aliphatic heterocycles. The molecule has 28 valence electrons. The molecule has 0 aromatic carbocycles. The van der Waals surface area contributed by atoms with Gasteiger partial charge in [0.15, 0.2) is 0 Å². The van der Waals surface area contributed by atoms with E-state index in [0.717, 1.165) is 6.42 Å². The predicted molar refractivity (Wildman–Crippen MR) is 14.8 cm³/mol. The molecule has 0 radical (unpaired) electrons. The van der Waals surface area contributed by atoms with Crippen LogP contribution in [0.5, 0.6) is 0 Å². The second-order valence-corrected chi connectivity index (χ2v) is 0.500. The summed E-state index contributed by atoms with van der Waals surface area (Å²) in [4.78, 5) is 0. The standard InChI is InChI=1S/C3H3NO.2Li/c4-2-1-3-5;;/h1H,3H2;;/q-2;2*+1. The summed E-state index contributed by atoms with van der Waals surface area (Å²) >= 11 is 0. The molecule has 0 unspecified atom stereocenters. The van der Waals surface area contributed by atoms with Crippen LogP contribution in [0.2, 0.25) is 0 Å². The van der Waals surface area contributed by atoms with Crippen LogP contribution in [0.4, 0.5) is 0 Å². The first kappa shape index (κ1) is 15.6. The van der Waals surface area contributed by atoms with Crippen molar-refractivity contribution in [3.63, 3.8) is 0 Å². The smallest absolute Gasteiger partial charge is 0.876 e. The second kappa shape index (κ2) is 16.0. The zero-order chi connectivity index (χ0) is 4.12. The van der Waals surface area contributed by atoms with E-state index in [1.54, 1.807) is 6.07 Å². The second-order valence-electron chi connectivity index (χ2n) is 0.500. The normalized spacial score (nSPS) is 4.00. The van der Waals surface area contributed by atoms with E-state index in [9.17, 15) is 5.11 Å². The van der Waals surface area contributed by atoms with Crippen LogP contribution in [0, 0.1) is 17.8 Å². The van der Waals surface area contributed by atoms with E-state index in [1.807, 2.05) is 0 Å². The van der Waals surface area contributed by atoms with Gasteiger partial charge in [0.1, 0.15) is 0 Å². The Hall–Kier alpha value is 0.515. The molecule has 4 heteroatoms. The Kier molecular flexibility index (Phi) is 35.9. The summed E-state index contributed by atoms with van der Waals surface area (Å²) in [6, 6.07) is 1.58. The maximum absolute atomic E-state index is 9.25. The molecule has 0 saturated carbocycles. The molecule has 0 saturated heterocycles. The summed E-state index contributed by atoms with van der Waals surface area (Å²) in [5.41, 5.74) is 0. The summed E-state index contributed by atoms with van der Waals surface area (Å²) in [5.74, 6) is 0. The fraction of sp³-hybridized carbons (Fsp3) is 0.333. The van der Waals surface area contributed by atoms with Gasteiger partial charge < -0.3 is 11.5 Å². The van der Waals surface area contributed by atoms with Crippen molar-refractivity contribution in [2.45, 2.75) is 0 Å². The first-order valence-corrected chi connectivity index (χ1v) is 1.21.